The van der Waals surface area contributed by atoms with Crippen LogP contribution in [0.25, 0.3) is 5.69 Å². The Bertz CT molecular complexity index is 572. The summed E-state index contributed by atoms with van der Waals surface area (Å²) in [5.41, 5.74) is 2.13. The van der Waals surface area contributed by atoms with E-state index in [1.54, 1.807) is 12.5 Å². The molecule has 3 rings (SSSR count). The lowest BCUT2D eigenvalue weighted by Gasteiger charge is -2.21. The Labute approximate surface area is 124 Å². The van der Waals surface area contributed by atoms with Crippen LogP contribution in [-0.2, 0) is 16.1 Å². The first-order valence-corrected chi connectivity index (χ1v) is 7.29. The fourth-order valence-electron chi connectivity index (χ4n) is 2.45. The third-order valence-electron chi connectivity index (χ3n) is 3.68. The maximum atomic E-state index is 12.0. The zero-order valence-electron chi connectivity index (χ0n) is 11.9. The topological polar surface area (TPSA) is 56.2 Å². The number of aromatic nitrogens is 2. The fraction of sp³-hybridized carbons (Fsp3) is 0.375. The van der Waals surface area contributed by atoms with Crippen LogP contribution in [0.3, 0.4) is 0 Å². The maximum absolute atomic E-state index is 12.0. The van der Waals surface area contributed by atoms with E-state index in [0.29, 0.717) is 13.2 Å². The number of carbonyl (C=O) groups is 1. The van der Waals surface area contributed by atoms with Gasteiger partial charge < -0.3 is 14.6 Å². The summed E-state index contributed by atoms with van der Waals surface area (Å²) < 4.78 is 7.42. The molecule has 1 N–H and O–H groups in total. The Morgan fingerprint density at radius 1 is 1.33 bits per heavy atom. The first-order valence-electron chi connectivity index (χ1n) is 7.29. The van der Waals surface area contributed by atoms with Crippen LogP contribution in [0.4, 0.5) is 0 Å². The molecular weight excluding hydrogens is 266 g/mol. The highest BCUT2D eigenvalue weighted by molar-refractivity contribution is 5.80. The number of nitrogens with one attached hydrogen (secondary N) is 1. The van der Waals surface area contributed by atoms with E-state index in [0.717, 1.165) is 30.5 Å². The number of benzene rings is 1. The summed E-state index contributed by atoms with van der Waals surface area (Å²) in [6.07, 6.45) is 8.08. The van der Waals surface area contributed by atoms with Crippen LogP contribution in [0.15, 0.2) is 43.0 Å². The molecule has 0 bridgehead atoms. The largest absolute Gasteiger partial charge is 0.368 e. The molecule has 1 aromatic heterocycles. The van der Waals surface area contributed by atoms with Gasteiger partial charge in [-0.1, -0.05) is 12.1 Å². The van der Waals surface area contributed by atoms with Crippen LogP contribution >= 0.6 is 0 Å². The predicted octanol–water partition coefficient (Wildman–Crippen LogP) is 2.06. The summed E-state index contributed by atoms with van der Waals surface area (Å²) in [4.78, 5) is 16.0. The zero-order chi connectivity index (χ0) is 14.5. The van der Waals surface area contributed by atoms with E-state index < -0.39 is 0 Å². The number of amides is 1. The number of ether oxygens (including phenoxy) is 1. The normalized spacial score (nSPS) is 18.4. The Morgan fingerprint density at radius 3 is 2.86 bits per heavy atom. The average Bonchev–Trinajstić information content (AvgIpc) is 3.08. The quantitative estimate of drug-likeness (QED) is 0.935. The van der Waals surface area contributed by atoms with Gasteiger partial charge in [0, 0.05) is 31.2 Å². The van der Waals surface area contributed by atoms with Crippen LogP contribution in [0, 0.1) is 0 Å². The molecule has 110 valence electrons. The van der Waals surface area contributed by atoms with Crippen molar-refractivity contribution in [3.05, 3.63) is 48.5 Å². The molecule has 1 fully saturated rings. The zero-order valence-corrected chi connectivity index (χ0v) is 11.9. The lowest BCUT2D eigenvalue weighted by molar-refractivity contribution is -0.135. The van der Waals surface area contributed by atoms with Gasteiger partial charge in [-0.3, -0.25) is 4.79 Å². The summed E-state index contributed by atoms with van der Waals surface area (Å²) in [5.74, 6) is -0.00612. The Kier molecular flexibility index (Phi) is 4.31. The first kappa shape index (κ1) is 13.8. The third kappa shape index (κ3) is 3.49. The van der Waals surface area contributed by atoms with Gasteiger partial charge in [0.15, 0.2) is 0 Å². The van der Waals surface area contributed by atoms with E-state index in [2.05, 4.69) is 10.3 Å². The molecule has 1 amide bonds. The van der Waals surface area contributed by atoms with Crippen LogP contribution in [0.2, 0.25) is 0 Å². The summed E-state index contributed by atoms with van der Waals surface area (Å²) in [7, 11) is 0. The number of imidazole rings is 1. The molecule has 0 spiro atoms. The van der Waals surface area contributed by atoms with E-state index in [1.807, 2.05) is 35.0 Å². The number of carbonyl (C=O) groups excluding carboxylic acids is 1. The van der Waals surface area contributed by atoms with Crippen LogP contribution in [0.5, 0.6) is 0 Å². The van der Waals surface area contributed by atoms with Crippen molar-refractivity contribution in [2.24, 2.45) is 0 Å². The van der Waals surface area contributed by atoms with Gasteiger partial charge in [-0.25, -0.2) is 4.98 Å². The Hall–Kier alpha value is -2.14. The Balaban J connectivity index is 1.54. The maximum Gasteiger partial charge on any atom is 0.249 e. The van der Waals surface area contributed by atoms with Crippen LogP contribution in [0.1, 0.15) is 24.8 Å². The molecule has 1 aromatic carbocycles. The van der Waals surface area contributed by atoms with Crippen molar-refractivity contribution in [2.75, 3.05) is 6.61 Å². The fourth-order valence-corrected chi connectivity index (χ4v) is 2.45. The highest BCUT2D eigenvalue weighted by atomic mass is 16.5. The molecule has 0 aliphatic carbocycles. The lowest BCUT2D eigenvalue weighted by Crippen LogP contribution is -2.37. The molecule has 1 aliphatic rings. The second-order valence-electron chi connectivity index (χ2n) is 5.21. The summed E-state index contributed by atoms with van der Waals surface area (Å²) >= 11 is 0. The third-order valence-corrected chi connectivity index (χ3v) is 3.68. The number of nitrogens with zero attached hydrogens (tertiary/aromatic N) is 2. The smallest absolute Gasteiger partial charge is 0.249 e. The molecule has 5 nitrogen and oxygen atoms in total. The van der Waals surface area contributed by atoms with Gasteiger partial charge in [0.25, 0.3) is 0 Å². The predicted molar refractivity (Wildman–Crippen MR) is 79.0 cm³/mol. The summed E-state index contributed by atoms with van der Waals surface area (Å²) in [6.45, 7) is 1.22. The highest BCUT2D eigenvalue weighted by Gasteiger charge is 2.21. The van der Waals surface area contributed by atoms with Crippen LogP contribution < -0.4 is 5.32 Å². The molecule has 1 aliphatic heterocycles. The molecule has 1 atom stereocenters. The molecule has 2 heterocycles. The lowest BCUT2D eigenvalue weighted by atomic mass is 10.1. The van der Waals surface area contributed by atoms with Gasteiger partial charge in [0.1, 0.15) is 6.10 Å². The van der Waals surface area contributed by atoms with Gasteiger partial charge in [0.2, 0.25) is 5.91 Å². The number of hydrogen-bond donors (Lipinski definition) is 1. The van der Waals surface area contributed by atoms with Crippen molar-refractivity contribution in [3.8, 4) is 5.69 Å². The van der Waals surface area contributed by atoms with Gasteiger partial charge in [0.05, 0.1) is 6.33 Å². The van der Waals surface area contributed by atoms with Crippen molar-refractivity contribution in [1.29, 1.82) is 0 Å². The van der Waals surface area contributed by atoms with E-state index in [4.69, 9.17) is 4.74 Å². The van der Waals surface area contributed by atoms with E-state index in [-0.39, 0.29) is 12.0 Å². The monoisotopic (exact) mass is 285 g/mol. The molecule has 5 heteroatoms. The molecule has 2 aromatic rings. The second kappa shape index (κ2) is 6.54. The van der Waals surface area contributed by atoms with Gasteiger partial charge in [-0.15, -0.1) is 0 Å². The Morgan fingerprint density at radius 2 is 2.19 bits per heavy atom. The van der Waals surface area contributed by atoms with E-state index in [9.17, 15) is 4.79 Å². The SMILES string of the molecule is O=C(NCc1ccc(-n2ccnc2)cc1)C1CCCCO1. The van der Waals surface area contributed by atoms with Crippen molar-refractivity contribution >= 4 is 5.91 Å². The minimum absolute atomic E-state index is 0.00612. The number of hydrogen-bond acceptors (Lipinski definition) is 3. The minimum atomic E-state index is -0.274. The summed E-state index contributed by atoms with van der Waals surface area (Å²) in [6, 6.07) is 8.05. The van der Waals surface area contributed by atoms with E-state index in [1.165, 1.54) is 0 Å². The van der Waals surface area contributed by atoms with Gasteiger partial charge in [-0.05, 0) is 37.0 Å². The molecular formula is C16H19N3O2. The van der Waals surface area contributed by atoms with Crippen molar-refractivity contribution in [2.45, 2.75) is 31.9 Å². The van der Waals surface area contributed by atoms with E-state index >= 15 is 0 Å². The first-order chi connectivity index (χ1) is 10.3. The van der Waals surface area contributed by atoms with Crippen molar-refractivity contribution in [1.82, 2.24) is 14.9 Å². The minimum Gasteiger partial charge on any atom is -0.368 e. The molecule has 21 heavy (non-hydrogen) atoms. The van der Waals surface area contributed by atoms with Crippen molar-refractivity contribution < 1.29 is 9.53 Å². The molecule has 0 radical (unpaired) electrons. The van der Waals surface area contributed by atoms with Gasteiger partial charge in [-0.2, -0.15) is 0 Å². The highest BCUT2D eigenvalue weighted by Crippen LogP contribution is 2.13. The summed E-state index contributed by atoms with van der Waals surface area (Å²) in [5, 5.41) is 2.94. The second-order valence-corrected chi connectivity index (χ2v) is 5.21. The van der Waals surface area contributed by atoms with Gasteiger partial charge >= 0.3 is 0 Å². The van der Waals surface area contributed by atoms with Crippen molar-refractivity contribution in [3.63, 3.8) is 0 Å². The average molecular weight is 285 g/mol. The molecule has 0 saturated carbocycles. The molecule has 1 unspecified atom stereocenters. The van der Waals surface area contributed by atoms with Crippen LogP contribution in [-0.4, -0.2) is 28.2 Å². The standard InChI is InChI=1S/C16H19N3O2/c20-16(15-3-1-2-10-21-15)18-11-13-4-6-14(7-5-13)19-9-8-17-12-19/h4-9,12,15H,1-3,10-11H2,(H,18,20). The number of rotatable bonds is 4. The molecule has 1 saturated heterocycles.